The molecule has 0 amide bonds. The van der Waals surface area contributed by atoms with Crippen molar-refractivity contribution in [3.05, 3.63) is 44.9 Å². The molecule has 0 saturated heterocycles. The molecule has 0 radical (unpaired) electrons. The number of allylic oxidation sites excluding steroid dienone is 1. The minimum absolute atomic E-state index is 0.289. The average molecular weight is 358 g/mol. The van der Waals surface area contributed by atoms with Crippen LogP contribution in [0.1, 0.15) is 31.7 Å². The fourth-order valence-corrected chi connectivity index (χ4v) is 4.51. The SMILES string of the molecule is CCCC/C(=C/SC)[Te]C#Cc1ccccc1. The van der Waals surface area contributed by atoms with Gasteiger partial charge in [0.05, 0.1) is 0 Å². The van der Waals surface area contributed by atoms with Gasteiger partial charge >= 0.3 is 120 Å². The van der Waals surface area contributed by atoms with Gasteiger partial charge < -0.3 is 0 Å². The molecule has 0 aromatic heterocycles. The molecule has 90 valence electrons. The van der Waals surface area contributed by atoms with Gasteiger partial charge in [-0.15, -0.1) is 0 Å². The predicted molar refractivity (Wildman–Crippen MR) is 80.2 cm³/mol. The van der Waals surface area contributed by atoms with Gasteiger partial charge in [0, 0.05) is 0 Å². The van der Waals surface area contributed by atoms with E-state index in [9.17, 15) is 0 Å². The molecule has 0 N–H and O–H groups in total. The second-order valence-corrected chi connectivity index (χ2v) is 6.99. The van der Waals surface area contributed by atoms with Crippen LogP contribution >= 0.6 is 11.8 Å². The number of rotatable bonds is 5. The van der Waals surface area contributed by atoms with E-state index in [1.807, 2.05) is 30.0 Å². The standard InChI is InChI=1S/C15H18STe/c1-3-4-10-15(13-16-2)17-12-11-14-8-6-5-7-9-14/h5-9,13H,3-4,10H2,1-2H3/b15-13-. The van der Waals surface area contributed by atoms with Crippen molar-refractivity contribution in [1.29, 1.82) is 0 Å². The zero-order chi connectivity index (χ0) is 12.3. The molecule has 0 bridgehead atoms. The molecule has 0 heterocycles. The molecule has 0 nitrogen and oxygen atoms in total. The Balaban J connectivity index is 2.52. The predicted octanol–water partition coefficient (Wildman–Crippen LogP) is 4.09. The Bertz CT molecular complexity index is 398. The van der Waals surface area contributed by atoms with Gasteiger partial charge in [-0.05, 0) is 0 Å². The Hall–Kier alpha value is -0.340. The van der Waals surface area contributed by atoms with E-state index in [0.29, 0.717) is 0 Å². The molecule has 0 aliphatic carbocycles. The molecular formula is C15H18STe. The summed E-state index contributed by atoms with van der Waals surface area (Å²) in [7, 11) is 0. The summed E-state index contributed by atoms with van der Waals surface area (Å²) in [5.41, 5.74) is 1.14. The average Bonchev–Trinajstić information content (AvgIpc) is 2.37. The molecular weight excluding hydrogens is 340 g/mol. The van der Waals surface area contributed by atoms with E-state index in [-0.39, 0.29) is 20.9 Å². The summed E-state index contributed by atoms with van der Waals surface area (Å²) in [6.07, 6.45) is 5.93. The van der Waals surface area contributed by atoms with Gasteiger partial charge in [-0.2, -0.15) is 0 Å². The first-order valence-electron chi connectivity index (χ1n) is 5.81. The van der Waals surface area contributed by atoms with E-state index in [1.165, 1.54) is 19.3 Å². The molecule has 0 atom stereocenters. The number of thioether (sulfide) groups is 1. The van der Waals surface area contributed by atoms with Gasteiger partial charge in [0.1, 0.15) is 0 Å². The number of unbranched alkanes of at least 4 members (excludes halogenated alkanes) is 1. The summed E-state index contributed by atoms with van der Waals surface area (Å²) in [6, 6.07) is 10.3. The van der Waals surface area contributed by atoms with Gasteiger partial charge in [0.15, 0.2) is 0 Å². The number of hydrogen-bond donors (Lipinski definition) is 0. The van der Waals surface area contributed by atoms with Crippen LogP contribution in [0, 0.1) is 9.89 Å². The molecule has 0 aliphatic heterocycles. The summed E-state index contributed by atoms with van der Waals surface area (Å²) < 4.78 is 4.98. The zero-order valence-corrected chi connectivity index (χ0v) is 13.5. The van der Waals surface area contributed by atoms with E-state index < -0.39 is 0 Å². The van der Waals surface area contributed by atoms with Crippen LogP contribution in [-0.2, 0) is 0 Å². The fraction of sp³-hybridized carbons (Fsp3) is 0.333. The first-order valence-corrected chi connectivity index (χ1v) is 9.43. The third-order valence-electron chi connectivity index (χ3n) is 2.18. The van der Waals surface area contributed by atoms with Crippen molar-refractivity contribution in [3.63, 3.8) is 0 Å². The van der Waals surface area contributed by atoms with E-state index in [2.05, 4.69) is 40.6 Å². The van der Waals surface area contributed by atoms with E-state index in [4.69, 9.17) is 0 Å². The van der Waals surface area contributed by atoms with Crippen molar-refractivity contribution in [2.45, 2.75) is 26.2 Å². The normalized spacial score (nSPS) is 10.8. The van der Waals surface area contributed by atoms with Crippen molar-refractivity contribution in [3.8, 4) is 9.89 Å². The zero-order valence-electron chi connectivity index (χ0n) is 10.4. The van der Waals surface area contributed by atoms with Crippen molar-refractivity contribution in [2.24, 2.45) is 0 Å². The second kappa shape index (κ2) is 9.67. The summed E-state index contributed by atoms with van der Waals surface area (Å²) in [4.78, 5) is 0. The van der Waals surface area contributed by atoms with Crippen LogP contribution in [0.2, 0.25) is 0 Å². The summed E-state index contributed by atoms with van der Waals surface area (Å²) in [6.45, 7) is 2.24. The van der Waals surface area contributed by atoms with Crippen LogP contribution in [0.5, 0.6) is 0 Å². The van der Waals surface area contributed by atoms with Crippen LogP contribution in [0.4, 0.5) is 0 Å². The van der Waals surface area contributed by atoms with Crippen molar-refractivity contribution >= 4 is 32.7 Å². The van der Waals surface area contributed by atoms with Gasteiger partial charge in [-0.3, -0.25) is 0 Å². The first-order chi connectivity index (χ1) is 8.36. The maximum atomic E-state index is 3.39. The second-order valence-electron chi connectivity index (χ2n) is 3.62. The van der Waals surface area contributed by atoms with Gasteiger partial charge in [-0.25, -0.2) is 0 Å². The number of benzene rings is 1. The summed E-state index contributed by atoms with van der Waals surface area (Å²) in [5.74, 6) is 3.27. The maximum absolute atomic E-state index is 3.39. The third-order valence-corrected chi connectivity index (χ3v) is 5.41. The van der Waals surface area contributed by atoms with Gasteiger partial charge in [0.25, 0.3) is 0 Å². The minimum atomic E-state index is -0.289. The van der Waals surface area contributed by atoms with E-state index in [1.54, 1.807) is 3.62 Å². The van der Waals surface area contributed by atoms with Crippen LogP contribution in [0.3, 0.4) is 0 Å². The van der Waals surface area contributed by atoms with E-state index >= 15 is 0 Å². The number of hydrogen-bond acceptors (Lipinski definition) is 1. The first kappa shape index (κ1) is 14.7. The Morgan fingerprint density at radius 2 is 2.12 bits per heavy atom. The van der Waals surface area contributed by atoms with Crippen molar-refractivity contribution < 1.29 is 0 Å². The Morgan fingerprint density at radius 3 is 2.76 bits per heavy atom. The molecule has 2 heteroatoms. The van der Waals surface area contributed by atoms with Gasteiger partial charge in [-0.1, -0.05) is 0 Å². The molecule has 0 fully saturated rings. The molecule has 0 spiro atoms. The van der Waals surface area contributed by atoms with Gasteiger partial charge in [0.2, 0.25) is 0 Å². The molecule has 0 aliphatic rings. The third kappa shape index (κ3) is 6.85. The molecule has 1 rings (SSSR count). The molecule has 0 saturated carbocycles. The fourth-order valence-electron chi connectivity index (χ4n) is 1.29. The van der Waals surface area contributed by atoms with Crippen LogP contribution < -0.4 is 0 Å². The molecule has 17 heavy (non-hydrogen) atoms. The quantitative estimate of drug-likeness (QED) is 0.565. The molecule has 0 unspecified atom stereocenters. The van der Waals surface area contributed by atoms with Crippen LogP contribution in [0.25, 0.3) is 0 Å². The van der Waals surface area contributed by atoms with Crippen molar-refractivity contribution in [1.82, 2.24) is 0 Å². The summed E-state index contributed by atoms with van der Waals surface area (Å²) >= 11 is 1.52. The topological polar surface area (TPSA) is 0 Å². The monoisotopic (exact) mass is 360 g/mol. The molecule has 1 aromatic rings. The summed E-state index contributed by atoms with van der Waals surface area (Å²) in [5, 5.41) is 2.30. The van der Waals surface area contributed by atoms with Crippen LogP contribution in [-0.4, -0.2) is 27.2 Å². The van der Waals surface area contributed by atoms with Crippen molar-refractivity contribution in [2.75, 3.05) is 6.26 Å². The van der Waals surface area contributed by atoms with E-state index in [0.717, 1.165) is 5.56 Å². The Kier molecular flexibility index (Phi) is 8.37. The Labute approximate surface area is 119 Å². The Morgan fingerprint density at radius 1 is 1.35 bits per heavy atom. The van der Waals surface area contributed by atoms with Crippen LogP contribution in [0.15, 0.2) is 39.4 Å². The molecule has 1 aromatic carbocycles.